The Bertz CT molecular complexity index is 990. The third-order valence-electron chi connectivity index (χ3n) is 6.01. The van der Waals surface area contributed by atoms with Crippen molar-refractivity contribution in [2.45, 2.75) is 45.3 Å². The van der Waals surface area contributed by atoms with Crippen LogP contribution in [0.25, 0.3) is 11.1 Å². The molecule has 4 N–H and O–H groups in total. The Morgan fingerprint density at radius 2 is 1.53 bits per heavy atom. The number of fused-ring (bicyclic) bond motifs is 3. The standard InChI is InChI=1S/C26H32N2O6/c1-15(2)12-17(24(30)28-23(16(3)29)25(31)32)13-27-26(33)34-14-22-20-10-6-4-8-18(20)19-9-5-7-11-21(19)22/h4-11,15-17,22-23,29H,12-14H2,1-3H3,(H,27,33)(H,28,30)(H,31,32)/t16-,17?,23+/m1/s1. The summed E-state index contributed by atoms with van der Waals surface area (Å²) in [6, 6.07) is 14.7. The Balaban J connectivity index is 1.60. The van der Waals surface area contributed by atoms with Crippen LogP contribution in [0.2, 0.25) is 0 Å². The van der Waals surface area contributed by atoms with Gasteiger partial charge in [-0.25, -0.2) is 9.59 Å². The molecule has 8 heteroatoms. The van der Waals surface area contributed by atoms with Gasteiger partial charge in [0.15, 0.2) is 6.04 Å². The molecular weight excluding hydrogens is 436 g/mol. The topological polar surface area (TPSA) is 125 Å². The van der Waals surface area contributed by atoms with Crippen LogP contribution in [-0.4, -0.2) is 53.5 Å². The van der Waals surface area contributed by atoms with E-state index in [2.05, 4.69) is 22.8 Å². The summed E-state index contributed by atoms with van der Waals surface area (Å²) in [6.45, 7) is 5.30. The van der Waals surface area contributed by atoms with E-state index in [4.69, 9.17) is 4.74 Å². The minimum Gasteiger partial charge on any atom is -0.480 e. The van der Waals surface area contributed by atoms with Crippen LogP contribution in [0.15, 0.2) is 48.5 Å². The number of alkyl carbamates (subject to hydrolysis) is 1. The number of carbonyl (C=O) groups excluding carboxylic acids is 2. The third kappa shape index (κ3) is 5.94. The lowest BCUT2D eigenvalue weighted by Gasteiger charge is -2.23. The van der Waals surface area contributed by atoms with Crippen LogP contribution < -0.4 is 10.6 Å². The SMILES string of the molecule is CC(C)CC(CNC(=O)OCC1c2ccccc2-c2ccccc21)C(=O)N[C@H](C(=O)O)[C@@H](C)O. The zero-order valence-electron chi connectivity index (χ0n) is 19.7. The first-order chi connectivity index (χ1) is 16.2. The van der Waals surface area contributed by atoms with Gasteiger partial charge < -0.3 is 25.6 Å². The lowest BCUT2D eigenvalue weighted by molar-refractivity contribution is -0.145. The van der Waals surface area contributed by atoms with E-state index in [1.54, 1.807) is 0 Å². The maximum Gasteiger partial charge on any atom is 0.407 e. The highest BCUT2D eigenvalue weighted by atomic mass is 16.5. The second-order valence-corrected chi connectivity index (χ2v) is 9.10. The lowest BCUT2D eigenvalue weighted by atomic mass is 9.95. The van der Waals surface area contributed by atoms with Crippen molar-refractivity contribution < 1.29 is 29.3 Å². The monoisotopic (exact) mass is 468 g/mol. The normalized spacial score (nSPS) is 15.1. The fourth-order valence-corrected chi connectivity index (χ4v) is 4.37. The molecule has 0 saturated heterocycles. The average molecular weight is 469 g/mol. The first-order valence-electron chi connectivity index (χ1n) is 11.5. The summed E-state index contributed by atoms with van der Waals surface area (Å²) in [5.41, 5.74) is 4.47. The van der Waals surface area contributed by atoms with Crippen LogP contribution >= 0.6 is 0 Å². The number of aliphatic hydroxyl groups excluding tert-OH is 1. The maximum atomic E-state index is 12.7. The van der Waals surface area contributed by atoms with E-state index in [0.717, 1.165) is 22.3 Å². The molecule has 0 bridgehead atoms. The summed E-state index contributed by atoms with van der Waals surface area (Å²) in [5, 5.41) is 23.9. The molecule has 0 aliphatic heterocycles. The number of carboxylic acid groups (broad SMARTS) is 1. The molecule has 0 heterocycles. The second kappa shape index (κ2) is 11.2. The lowest BCUT2D eigenvalue weighted by Crippen LogP contribution is -2.51. The van der Waals surface area contributed by atoms with Gasteiger partial charge in [0.25, 0.3) is 0 Å². The fraction of sp³-hybridized carbons (Fsp3) is 0.423. The predicted octanol–water partition coefficient (Wildman–Crippen LogP) is 3.14. The molecule has 182 valence electrons. The van der Waals surface area contributed by atoms with Crippen LogP contribution in [0.1, 0.15) is 44.2 Å². The van der Waals surface area contributed by atoms with Gasteiger partial charge in [-0.15, -0.1) is 0 Å². The number of nitrogens with one attached hydrogen (secondary N) is 2. The molecule has 2 aromatic rings. The summed E-state index contributed by atoms with van der Waals surface area (Å²) in [5.74, 6) is -2.47. The number of amides is 2. The quantitative estimate of drug-likeness (QED) is 0.425. The molecule has 1 aliphatic carbocycles. The van der Waals surface area contributed by atoms with E-state index in [1.807, 2.05) is 50.2 Å². The number of carboxylic acids is 1. The van der Waals surface area contributed by atoms with Gasteiger partial charge in [0.2, 0.25) is 5.91 Å². The summed E-state index contributed by atoms with van der Waals surface area (Å²) >= 11 is 0. The van der Waals surface area contributed by atoms with Crippen LogP contribution in [0.5, 0.6) is 0 Å². The molecular formula is C26H32N2O6. The first kappa shape index (κ1) is 25.2. The second-order valence-electron chi connectivity index (χ2n) is 9.10. The van der Waals surface area contributed by atoms with Gasteiger partial charge in [0.1, 0.15) is 6.61 Å². The van der Waals surface area contributed by atoms with Gasteiger partial charge in [-0.3, -0.25) is 4.79 Å². The van der Waals surface area contributed by atoms with Crippen molar-refractivity contribution in [2.75, 3.05) is 13.2 Å². The smallest absolute Gasteiger partial charge is 0.407 e. The molecule has 0 aromatic heterocycles. The molecule has 2 aromatic carbocycles. The van der Waals surface area contributed by atoms with Crippen molar-refractivity contribution >= 4 is 18.0 Å². The number of hydrogen-bond acceptors (Lipinski definition) is 5. The number of benzene rings is 2. The Kier molecular flexibility index (Phi) is 8.28. The Morgan fingerprint density at radius 3 is 2.03 bits per heavy atom. The van der Waals surface area contributed by atoms with E-state index in [9.17, 15) is 24.6 Å². The number of ether oxygens (including phenoxy) is 1. The molecule has 0 radical (unpaired) electrons. The van der Waals surface area contributed by atoms with Crippen molar-refractivity contribution in [3.05, 3.63) is 59.7 Å². The van der Waals surface area contributed by atoms with Crippen LogP contribution in [0.3, 0.4) is 0 Å². The highest BCUT2D eigenvalue weighted by Crippen LogP contribution is 2.44. The number of aliphatic hydroxyl groups is 1. The molecule has 2 amide bonds. The van der Waals surface area contributed by atoms with Crippen molar-refractivity contribution in [2.24, 2.45) is 11.8 Å². The van der Waals surface area contributed by atoms with Gasteiger partial charge in [0.05, 0.1) is 12.0 Å². The number of hydrogen-bond donors (Lipinski definition) is 4. The van der Waals surface area contributed by atoms with Gasteiger partial charge in [0, 0.05) is 12.5 Å². The average Bonchev–Trinajstić information content (AvgIpc) is 3.11. The Labute approximate surface area is 199 Å². The fourth-order valence-electron chi connectivity index (χ4n) is 4.37. The number of rotatable bonds is 10. The molecule has 3 atom stereocenters. The van der Waals surface area contributed by atoms with Crippen molar-refractivity contribution in [1.29, 1.82) is 0 Å². The molecule has 1 aliphatic rings. The van der Waals surface area contributed by atoms with Gasteiger partial charge in [-0.1, -0.05) is 62.4 Å². The molecule has 0 spiro atoms. The molecule has 3 rings (SSSR count). The highest BCUT2D eigenvalue weighted by Gasteiger charge is 2.31. The molecule has 8 nitrogen and oxygen atoms in total. The number of carbonyl (C=O) groups is 3. The van der Waals surface area contributed by atoms with Gasteiger partial charge >= 0.3 is 12.1 Å². The summed E-state index contributed by atoms with van der Waals surface area (Å²) < 4.78 is 5.52. The summed E-state index contributed by atoms with van der Waals surface area (Å²) in [6.07, 6.45) is -1.47. The van der Waals surface area contributed by atoms with Crippen molar-refractivity contribution in [3.63, 3.8) is 0 Å². The predicted molar refractivity (Wildman–Crippen MR) is 127 cm³/mol. The first-order valence-corrected chi connectivity index (χ1v) is 11.5. The van der Waals surface area contributed by atoms with Crippen molar-refractivity contribution in [1.82, 2.24) is 10.6 Å². The van der Waals surface area contributed by atoms with E-state index in [-0.39, 0.29) is 25.0 Å². The van der Waals surface area contributed by atoms with E-state index in [0.29, 0.717) is 6.42 Å². The molecule has 1 unspecified atom stereocenters. The minimum atomic E-state index is -1.42. The van der Waals surface area contributed by atoms with E-state index in [1.165, 1.54) is 6.92 Å². The van der Waals surface area contributed by atoms with Crippen molar-refractivity contribution in [3.8, 4) is 11.1 Å². The number of aliphatic carboxylic acids is 1. The highest BCUT2D eigenvalue weighted by molar-refractivity contribution is 5.86. The minimum absolute atomic E-state index is 0.00711. The molecule has 0 saturated carbocycles. The zero-order chi connectivity index (χ0) is 24.8. The molecule has 0 fully saturated rings. The van der Waals surface area contributed by atoms with Crippen LogP contribution in [0.4, 0.5) is 4.79 Å². The maximum absolute atomic E-state index is 12.7. The largest absolute Gasteiger partial charge is 0.480 e. The Morgan fingerprint density at radius 1 is 0.971 bits per heavy atom. The zero-order valence-corrected chi connectivity index (χ0v) is 19.7. The molecule has 34 heavy (non-hydrogen) atoms. The summed E-state index contributed by atoms with van der Waals surface area (Å²) in [7, 11) is 0. The van der Waals surface area contributed by atoms with E-state index >= 15 is 0 Å². The third-order valence-corrected chi connectivity index (χ3v) is 6.01. The van der Waals surface area contributed by atoms with E-state index < -0.39 is 36.0 Å². The van der Waals surface area contributed by atoms with Gasteiger partial charge in [-0.2, -0.15) is 0 Å². The van der Waals surface area contributed by atoms with Crippen LogP contribution in [-0.2, 0) is 14.3 Å². The summed E-state index contributed by atoms with van der Waals surface area (Å²) in [4.78, 5) is 36.5. The van der Waals surface area contributed by atoms with Crippen LogP contribution in [0, 0.1) is 11.8 Å². The Hall–Kier alpha value is -3.39. The van der Waals surface area contributed by atoms with Gasteiger partial charge in [-0.05, 0) is 41.5 Å².